The highest BCUT2D eigenvalue weighted by Gasteiger charge is 2.22. The van der Waals surface area contributed by atoms with Crippen molar-refractivity contribution in [2.75, 3.05) is 18.0 Å². The highest BCUT2D eigenvalue weighted by atomic mass is 16.4. The van der Waals surface area contributed by atoms with Crippen molar-refractivity contribution < 1.29 is 19.8 Å². The number of nitrogens with zero attached hydrogens (tertiary/aromatic N) is 1. The number of carboxylic acids is 1. The molecule has 0 bridgehead atoms. The van der Waals surface area contributed by atoms with Crippen LogP contribution >= 0.6 is 0 Å². The predicted octanol–water partition coefficient (Wildman–Crippen LogP) is 4.73. The molecule has 0 unspecified atom stereocenters. The van der Waals surface area contributed by atoms with Crippen LogP contribution in [0.25, 0.3) is 0 Å². The second kappa shape index (κ2) is 8.91. The molecule has 1 fully saturated rings. The van der Waals surface area contributed by atoms with Crippen LogP contribution in [-0.4, -0.2) is 35.1 Å². The fraction of sp³-hybridized carbons (Fsp3) is 0.391. The van der Waals surface area contributed by atoms with Crippen molar-refractivity contribution in [2.24, 2.45) is 5.92 Å². The molecule has 2 aromatic rings. The van der Waals surface area contributed by atoms with Crippen LogP contribution in [0.4, 0.5) is 5.69 Å². The second-order valence-corrected chi connectivity index (χ2v) is 7.42. The van der Waals surface area contributed by atoms with Crippen LogP contribution in [0.2, 0.25) is 0 Å². The van der Waals surface area contributed by atoms with Gasteiger partial charge in [-0.05, 0) is 43.9 Å². The summed E-state index contributed by atoms with van der Waals surface area (Å²) >= 11 is 0. The van der Waals surface area contributed by atoms with E-state index < -0.39 is 11.8 Å². The Balaban J connectivity index is 1.83. The van der Waals surface area contributed by atoms with Crippen LogP contribution in [-0.2, 0) is 0 Å². The minimum atomic E-state index is -1.16. The number of phenolic OH excluding ortho intramolecular Hbond substituents is 1. The van der Waals surface area contributed by atoms with Gasteiger partial charge in [0.1, 0.15) is 5.75 Å². The van der Waals surface area contributed by atoms with Gasteiger partial charge in [0.25, 0.3) is 0 Å². The zero-order valence-corrected chi connectivity index (χ0v) is 16.2. The number of carbonyl (C=O) groups excluding carboxylic acids is 1. The van der Waals surface area contributed by atoms with Gasteiger partial charge in [-0.3, -0.25) is 4.79 Å². The molecule has 2 aromatic carbocycles. The number of benzene rings is 2. The minimum Gasteiger partial charge on any atom is -0.507 e. The summed E-state index contributed by atoms with van der Waals surface area (Å²) in [6.07, 6.45) is 6.36. The third-order valence-corrected chi connectivity index (χ3v) is 5.58. The number of aromatic hydroxyl groups is 1. The Kier molecular flexibility index (Phi) is 6.34. The molecule has 5 heteroatoms. The summed E-state index contributed by atoms with van der Waals surface area (Å²) < 4.78 is 0. The summed E-state index contributed by atoms with van der Waals surface area (Å²) in [5, 5.41) is 19.8. The van der Waals surface area contributed by atoms with E-state index in [0.29, 0.717) is 5.92 Å². The smallest absolute Gasteiger partial charge is 0.336 e. The molecule has 0 saturated heterocycles. The number of anilines is 1. The van der Waals surface area contributed by atoms with E-state index in [4.69, 9.17) is 0 Å². The van der Waals surface area contributed by atoms with Crippen LogP contribution in [0.5, 0.6) is 5.75 Å². The van der Waals surface area contributed by atoms with Gasteiger partial charge in [0.2, 0.25) is 0 Å². The van der Waals surface area contributed by atoms with Crippen LogP contribution < -0.4 is 4.90 Å². The summed E-state index contributed by atoms with van der Waals surface area (Å²) in [6, 6.07) is 11.1. The quantitative estimate of drug-likeness (QED) is 0.678. The number of ketones is 1. The monoisotopic (exact) mass is 381 g/mol. The number of rotatable bonds is 7. The number of carboxylic acid groups (broad SMARTS) is 1. The Morgan fingerprint density at radius 3 is 2.29 bits per heavy atom. The molecule has 1 aliphatic carbocycles. The molecule has 28 heavy (non-hydrogen) atoms. The number of phenols is 1. The molecule has 148 valence electrons. The third kappa shape index (κ3) is 4.35. The number of carbonyl (C=O) groups is 2. The van der Waals surface area contributed by atoms with Crippen molar-refractivity contribution >= 4 is 17.4 Å². The number of hydrogen-bond donors (Lipinski definition) is 2. The predicted molar refractivity (Wildman–Crippen MR) is 109 cm³/mol. The summed E-state index contributed by atoms with van der Waals surface area (Å²) in [7, 11) is 0. The lowest BCUT2D eigenvalue weighted by Gasteiger charge is -2.30. The van der Waals surface area contributed by atoms with Crippen LogP contribution in [0.3, 0.4) is 0 Å². The van der Waals surface area contributed by atoms with Crippen LogP contribution in [0.15, 0.2) is 42.5 Å². The average Bonchev–Trinajstić information content (AvgIpc) is 2.72. The van der Waals surface area contributed by atoms with Gasteiger partial charge in [-0.1, -0.05) is 37.5 Å². The lowest BCUT2D eigenvalue weighted by Crippen LogP contribution is -2.30. The first-order valence-electron chi connectivity index (χ1n) is 9.96. The second-order valence-electron chi connectivity index (χ2n) is 7.42. The summed E-state index contributed by atoms with van der Waals surface area (Å²) in [5.41, 5.74) is 1.01. The van der Waals surface area contributed by atoms with Gasteiger partial charge in [-0.15, -0.1) is 0 Å². The van der Waals surface area contributed by atoms with E-state index in [0.717, 1.165) is 18.8 Å². The van der Waals surface area contributed by atoms with Crippen LogP contribution in [0.1, 0.15) is 65.3 Å². The first kappa shape index (κ1) is 19.9. The van der Waals surface area contributed by atoms with Crippen molar-refractivity contribution in [3.63, 3.8) is 0 Å². The molecule has 0 atom stereocenters. The Labute approximate surface area is 165 Å². The molecule has 1 aliphatic rings. The topological polar surface area (TPSA) is 77.8 Å². The van der Waals surface area contributed by atoms with Gasteiger partial charge in [0.15, 0.2) is 5.78 Å². The van der Waals surface area contributed by atoms with Gasteiger partial charge in [0, 0.05) is 30.4 Å². The van der Waals surface area contributed by atoms with E-state index in [9.17, 15) is 19.8 Å². The normalized spacial score (nSPS) is 14.6. The van der Waals surface area contributed by atoms with E-state index in [1.807, 2.05) is 6.07 Å². The molecule has 2 N–H and O–H groups in total. The Morgan fingerprint density at radius 2 is 1.68 bits per heavy atom. The lowest BCUT2D eigenvalue weighted by atomic mass is 9.89. The highest BCUT2D eigenvalue weighted by molar-refractivity contribution is 6.15. The van der Waals surface area contributed by atoms with Gasteiger partial charge >= 0.3 is 5.97 Å². The Bertz CT molecular complexity index is 855. The Hall–Kier alpha value is -2.82. The number of aromatic carboxylic acids is 1. The standard InChI is InChI=1S/C23H27NO4/c1-2-24(15-16-8-4-3-5-9-16)17-12-13-20(21(25)14-17)22(26)18-10-6-7-11-19(18)23(27)28/h6-7,10-14,16,25H,2-5,8-9,15H2,1H3,(H,27,28). The van der Waals surface area contributed by atoms with Gasteiger partial charge in [0.05, 0.1) is 11.1 Å². The van der Waals surface area contributed by atoms with E-state index >= 15 is 0 Å². The summed E-state index contributed by atoms with van der Waals surface area (Å²) in [5.74, 6) is -1.11. The minimum absolute atomic E-state index is 0.0662. The number of hydrogen-bond acceptors (Lipinski definition) is 4. The van der Waals surface area contributed by atoms with Gasteiger partial charge in [-0.2, -0.15) is 0 Å². The molecule has 0 aliphatic heterocycles. The first-order chi connectivity index (χ1) is 13.5. The van der Waals surface area contributed by atoms with E-state index in [-0.39, 0.29) is 22.4 Å². The first-order valence-corrected chi connectivity index (χ1v) is 9.96. The molecule has 0 aromatic heterocycles. The van der Waals surface area contributed by atoms with Gasteiger partial charge in [-0.25, -0.2) is 4.79 Å². The molecule has 0 heterocycles. The van der Waals surface area contributed by atoms with Crippen molar-refractivity contribution in [3.05, 3.63) is 59.2 Å². The largest absolute Gasteiger partial charge is 0.507 e. The fourth-order valence-electron chi connectivity index (χ4n) is 4.02. The van der Waals surface area contributed by atoms with Crippen molar-refractivity contribution in [3.8, 4) is 5.75 Å². The molecule has 5 nitrogen and oxygen atoms in total. The zero-order chi connectivity index (χ0) is 20.1. The maximum Gasteiger partial charge on any atom is 0.336 e. The van der Waals surface area contributed by atoms with E-state index in [1.165, 1.54) is 44.2 Å². The van der Waals surface area contributed by atoms with Gasteiger partial charge < -0.3 is 15.1 Å². The maximum atomic E-state index is 12.8. The maximum absolute atomic E-state index is 12.8. The summed E-state index contributed by atoms with van der Waals surface area (Å²) in [6.45, 7) is 3.86. The van der Waals surface area contributed by atoms with E-state index in [2.05, 4.69) is 11.8 Å². The van der Waals surface area contributed by atoms with Crippen molar-refractivity contribution in [2.45, 2.75) is 39.0 Å². The Morgan fingerprint density at radius 1 is 1.00 bits per heavy atom. The SMILES string of the molecule is CCN(CC1CCCCC1)c1ccc(C(=O)c2ccccc2C(=O)O)c(O)c1. The molecular formula is C23H27NO4. The van der Waals surface area contributed by atoms with E-state index in [1.54, 1.807) is 24.3 Å². The van der Waals surface area contributed by atoms with Crippen LogP contribution in [0, 0.1) is 5.92 Å². The third-order valence-electron chi connectivity index (χ3n) is 5.58. The fourth-order valence-corrected chi connectivity index (χ4v) is 4.02. The highest BCUT2D eigenvalue weighted by Crippen LogP contribution is 2.30. The van der Waals surface area contributed by atoms with Crippen molar-refractivity contribution in [1.82, 2.24) is 0 Å². The average molecular weight is 381 g/mol. The molecular weight excluding hydrogens is 354 g/mol. The van der Waals surface area contributed by atoms with Crippen molar-refractivity contribution in [1.29, 1.82) is 0 Å². The molecule has 0 radical (unpaired) electrons. The zero-order valence-electron chi connectivity index (χ0n) is 16.2. The molecule has 0 amide bonds. The molecule has 0 spiro atoms. The molecule has 1 saturated carbocycles. The summed E-state index contributed by atoms with van der Waals surface area (Å²) in [4.78, 5) is 26.4. The molecule has 3 rings (SSSR count). The lowest BCUT2D eigenvalue weighted by molar-refractivity contribution is 0.0692.